The molecule has 0 unspecified atom stereocenters. The Morgan fingerprint density at radius 3 is 1.35 bits per heavy atom. The third kappa shape index (κ3) is 7.02. The van der Waals surface area contributed by atoms with Crippen molar-refractivity contribution in [3.05, 3.63) is 24.6 Å². The van der Waals surface area contributed by atoms with Crippen molar-refractivity contribution in [3.63, 3.8) is 0 Å². The molecule has 4 heteroatoms. The van der Waals surface area contributed by atoms with Crippen LogP contribution in [0, 0.1) is 0 Å². The van der Waals surface area contributed by atoms with Gasteiger partial charge in [-0.1, -0.05) is 64.8 Å². The van der Waals surface area contributed by atoms with Gasteiger partial charge in [-0.3, -0.25) is 0 Å². The maximum atomic E-state index is 6.93. The summed E-state index contributed by atoms with van der Waals surface area (Å²) in [7, 11) is -3.49. The van der Waals surface area contributed by atoms with Gasteiger partial charge in [-0.15, -0.1) is 13.2 Å². The Hall–Kier alpha value is 0.562. The smallest absolute Gasteiger partial charge is 0.229 e. The van der Waals surface area contributed by atoms with Crippen LogP contribution in [0.1, 0.15) is 53.4 Å². The van der Waals surface area contributed by atoms with Crippen molar-refractivity contribution in [3.8, 4) is 0 Å². The summed E-state index contributed by atoms with van der Waals surface area (Å²) in [6.45, 7) is 17.3. The van der Waals surface area contributed by atoms with E-state index in [1.54, 1.807) is 0 Å². The Bertz CT molecular complexity index is 244. The Balaban J connectivity index is 0. The number of hydrogen-bond donors (Lipinski definition) is 0. The molecule has 0 bridgehead atoms. The summed E-state index contributed by atoms with van der Waals surface area (Å²) in [5, 5.41) is 0. The standard InChI is InChI=1S/C16H34OSi2.Pt/c1-7-13-18(11-5,12-6)17-19(14-8-2,15-9-3)16-10-4;/h11-12H,5-10,13-16H2,1-4H3;. The van der Waals surface area contributed by atoms with Gasteiger partial charge in [0.25, 0.3) is 0 Å². The Morgan fingerprint density at radius 1 is 0.750 bits per heavy atom. The number of rotatable bonds is 12. The van der Waals surface area contributed by atoms with Gasteiger partial charge in [0.05, 0.1) is 0 Å². The first-order valence-electron chi connectivity index (χ1n) is 8.04. The second kappa shape index (κ2) is 12.1. The van der Waals surface area contributed by atoms with E-state index >= 15 is 0 Å². The third-order valence-corrected chi connectivity index (χ3v) is 14.0. The van der Waals surface area contributed by atoms with E-state index in [4.69, 9.17) is 4.12 Å². The summed E-state index contributed by atoms with van der Waals surface area (Å²) < 4.78 is 6.93. The second-order valence-electron chi connectivity index (χ2n) is 5.65. The largest absolute Gasteiger partial charge is 0.449 e. The van der Waals surface area contributed by atoms with Crippen LogP contribution in [-0.2, 0) is 25.2 Å². The van der Waals surface area contributed by atoms with Gasteiger partial charge in [0.15, 0.2) is 8.32 Å². The molecular weight excluding hydrogens is 459 g/mol. The minimum Gasteiger partial charge on any atom is -0.449 e. The zero-order valence-electron chi connectivity index (χ0n) is 14.0. The summed E-state index contributed by atoms with van der Waals surface area (Å²) >= 11 is 0. The fraction of sp³-hybridized carbons (Fsp3) is 0.750. The molecule has 122 valence electrons. The van der Waals surface area contributed by atoms with Crippen molar-refractivity contribution in [2.45, 2.75) is 77.6 Å². The molecule has 0 atom stereocenters. The van der Waals surface area contributed by atoms with E-state index in [2.05, 4.69) is 52.3 Å². The van der Waals surface area contributed by atoms with E-state index in [0.717, 1.165) is 6.04 Å². The van der Waals surface area contributed by atoms with E-state index in [1.165, 1.54) is 43.8 Å². The van der Waals surface area contributed by atoms with Gasteiger partial charge in [-0.05, 0) is 24.2 Å². The molecule has 0 amide bonds. The van der Waals surface area contributed by atoms with Crippen LogP contribution < -0.4 is 0 Å². The van der Waals surface area contributed by atoms with Crippen LogP contribution in [0.4, 0.5) is 0 Å². The van der Waals surface area contributed by atoms with Gasteiger partial charge in [-0.2, -0.15) is 0 Å². The average Bonchev–Trinajstić information content (AvgIpc) is 2.39. The average molecular weight is 494 g/mol. The first-order chi connectivity index (χ1) is 9.07. The third-order valence-electron chi connectivity index (χ3n) is 3.86. The van der Waals surface area contributed by atoms with Crippen molar-refractivity contribution < 1.29 is 25.2 Å². The molecule has 20 heavy (non-hydrogen) atoms. The fourth-order valence-electron chi connectivity index (χ4n) is 3.11. The zero-order valence-corrected chi connectivity index (χ0v) is 18.2. The molecular formula is C16H34OPtSi2. The van der Waals surface area contributed by atoms with E-state index in [0.29, 0.717) is 0 Å². The first-order valence-corrected chi connectivity index (χ1v) is 12.8. The number of hydrogen-bond acceptors (Lipinski definition) is 1. The molecule has 0 spiro atoms. The monoisotopic (exact) mass is 493 g/mol. The van der Waals surface area contributed by atoms with Crippen molar-refractivity contribution in [1.29, 1.82) is 0 Å². The Morgan fingerprint density at radius 2 is 1.10 bits per heavy atom. The molecule has 0 aromatic rings. The van der Waals surface area contributed by atoms with Gasteiger partial charge in [0, 0.05) is 21.1 Å². The van der Waals surface area contributed by atoms with Crippen molar-refractivity contribution in [2.75, 3.05) is 0 Å². The molecule has 0 aromatic heterocycles. The molecule has 0 fully saturated rings. The van der Waals surface area contributed by atoms with Crippen LogP contribution in [-0.4, -0.2) is 16.6 Å². The van der Waals surface area contributed by atoms with Gasteiger partial charge in [0.2, 0.25) is 8.32 Å². The minimum atomic E-state index is -1.90. The molecule has 0 aliphatic carbocycles. The Kier molecular flexibility index (Phi) is 13.9. The second-order valence-corrected chi connectivity index (χ2v) is 13.6. The molecule has 0 aliphatic heterocycles. The summed E-state index contributed by atoms with van der Waals surface area (Å²) in [6.07, 6.45) is 4.91. The van der Waals surface area contributed by atoms with Crippen LogP contribution in [0.2, 0.25) is 24.2 Å². The maximum absolute atomic E-state index is 6.93. The molecule has 0 rings (SSSR count). The first kappa shape index (κ1) is 22.8. The van der Waals surface area contributed by atoms with Crippen molar-refractivity contribution in [2.24, 2.45) is 0 Å². The molecule has 0 aliphatic rings. The molecule has 0 heterocycles. The Labute approximate surface area is 143 Å². The zero-order chi connectivity index (χ0) is 14.8. The summed E-state index contributed by atoms with van der Waals surface area (Å²) in [5.74, 6) is 0. The van der Waals surface area contributed by atoms with E-state index in [-0.39, 0.29) is 21.1 Å². The summed E-state index contributed by atoms with van der Waals surface area (Å²) in [5.41, 5.74) is 4.23. The van der Waals surface area contributed by atoms with Gasteiger partial charge in [-0.25, -0.2) is 0 Å². The van der Waals surface area contributed by atoms with Crippen molar-refractivity contribution in [1.82, 2.24) is 0 Å². The van der Waals surface area contributed by atoms with E-state index in [1.807, 2.05) is 0 Å². The van der Waals surface area contributed by atoms with Crippen LogP contribution >= 0.6 is 0 Å². The predicted octanol–water partition coefficient (Wildman–Crippen LogP) is 5.98. The van der Waals surface area contributed by atoms with Crippen LogP contribution in [0.15, 0.2) is 24.6 Å². The molecule has 0 N–H and O–H groups in total. The predicted molar refractivity (Wildman–Crippen MR) is 93.4 cm³/mol. The van der Waals surface area contributed by atoms with Crippen LogP contribution in [0.25, 0.3) is 0 Å². The quantitative estimate of drug-likeness (QED) is 0.304. The molecule has 0 saturated carbocycles. The van der Waals surface area contributed by atoms with E-state index < -0.39 is 16.6 Å². The minimum absolute atomic E-state index is 0. The molecule has 0 aromatic carbocycles. The summed E-state index contributed by atoms with van der Waals surface area (Å²) in [4.78, 5) is 0. The van der Waals surface area contributed by atoms with E-state index in [9.17, 15) is 0 Å². The van der Waals surface area contributed by atoms with Crippen LogP contribution in [0.5, 0.6) is 0 Å². The molecule has 1 nitrogen and oxygen atoms in total. The normalized spacial score (nSPS) is 11.8. The topological polar surface area (TPSA) is 9.23 Å². The molecule has 0 radical (unpaired) electrons. The van der Waals surface area contributed by atoms with Crippen molar-refractivity contribution >= 4 is 16.6 Å². The van der Waals surface area contributed by atoms with Crippen LogP contribution in [0.3, 0.4) is 0 Å². The summed E-state index contributed by atoms with van der Waals surface area (Å²) in [6, 6.07) is 5.05. The van der Waals surface area contributed by atoms with Gasteiger partial charge < -0.3 is 4.12 Å². The fourth-order valence-corrected chi connectivity index (χ4v) is 13.5. The molecule has 0 saturated heterocycles. The SMILES string of the molecule is C=C[Si](C=C)(CCC)O[Si](CCC)(CCC)CCC.[Pt]. The van der Waals surface area contributed by atoms with Gasteiger partial charge in [0.1, 0.15) is 0 Å². The maximum Gasteiger partial charge on any atom is 0.229 e. The van der Waals surface area contributed by atoms with Gasteiger partial charge >= 0.3 is 0 Å².